The number of rotatable bonds is 6. The lowest BCUT2D eigenvalue weighted by atomic mass is 9.81. The molecule has 1 spiro atoms. The van der Waals surface area contributed by atoms with Gasteiger partial charge >= 0.3 is 0 Å². The molecule has 7 rings (SSSR count). The number of hydrogen-bond acceptors (Lipinski definition) is 7. The van der Waals surface area contributed by atoms with E-state index >= 15 is 0 Å². The number of amides is 2. The van der Waals surface area contributed by atoms with Gasteiger partial charge in [-0.3, -0.25) is 9.59 Å². The Morgan fingerprint density at radius 1 is 0.979 bits per heavy atom. The number of nitrogens with one attached hydrogen (secondary N) is 1. The first-order chi connectivity index (χ1) is 22.3. The molecule has 2 amide bonds. The van der Waals surface area contributed by atoms with Crippen LogP contribution in [0.2, 0.25) is 0 Å². The van der Waals surface area contributed by atoms with E-state index in [2.05, 4.69) is 52.3 Å². The van der Waals surface area contributed by atoms with Crippen LogP contribution in [0, 0.1) is 5.41 Å². The number of nitrogens with zero attached hydrogens (tertiary/aromatic N) is 4. The van der Waals surface area contributed by atoms with E-state index < -0.39 is 41.9 Å². The van der Waals surface area contributed by atoms with Gasteiger partial charge in [0, 0.05) is 35.0 Å². The summed E-state index contributed by atoms with van der Waals surface area (Å²) in [6.07, 6.45) is 3.36. The minimum Gasteiger partial charge on any atom is -0.349 e. The fourth-order valence-corrected chi connectivity index (χ4v) is 8.45. The van der Waals surface area contributed by atoms with Crippen molar-refractivity contribution in [2.75, 3.05) is 0 Å². The van der Waals surface area contributed by atoms with Crippen molar-refractivity contribution in [2.45, 2.75) is 122 Å². The van der Waals surface area contributed by atoms with Crippen molar-refractivity contribution in [1.82, 2.24) is 25.2 Å². The van der Waals surface area contributed by atoms with Crippen LogP contribution in [0.3, 0.4) is 0 Å². The maximum Gasteiger partial charge on any atom is 0.275 e. The minimum atomic E-state index is -0.999. The molecule has 0 radical (unpaired) electrons. The highest BCUT2D eigenvalue weighted by molar-refractivity contribution is 9.10. The molecule has 11 heteroatoms. The van der Waals surface area contributed by atoms with Crippen LogP contribution < -0.4 is 5.32 Å². The Hall–Kier alpha value is -3.12. The zero-order chi connectivity index (χ0) is 33.1. The predicted octanol–water partition coefficient (Wildman–Crippen LogP) is 6.41. The van der Waals surface area contributed by atoms with Crippen LogP contribution in [0.1, 0.15) is 95.2 Å². The molecule has 3 fully saturated rings. The molecule has 4 heterocycles. The number of carbonyl (C=O) groups is 2. The summed E-state index contributed by atoms with van der Waals surface area (Å²) in [5, 5.41) is 12.5. The number of carbonyl (C=O) groups excluding carboxylic acids is 2. The van der Waals surface area contributed by atoms with E-state index in [1.807, 2.05) is 68.4 Å². The maximum atomic E-state index is 15.0. The molecule has 1 N–H and O–H groups in total. The Balaban J connectivity index is 1.36. The second-order valence-corrected chi connectivity index (χ2v) is 16.3. The lowest BCUT2D eigenvalue weighted by Crippen LogP contribution is -2.59. The van der Waals surface area contributed by atoms with E-state index in [1.54, 1.807) is 9.58 Å². The van der Waals surface area contributed by atoms with Crippen LogP contribution in [0.25, 0.3) is 11.3 Å². The maximum absolute atomic E-state index is 15.0. The zero-order valence-corrected chi connectivity index (χ0v) is 29.3. The molecule has 1 aliphatic carbocycles. The summed E-state index contributed by atoms with van der Waals surface area (Å²) >= 11 is 3.52. The zero-order valence-electron chi connectivity index (χ0n) is 27.7. The molecule has 2 aromatic carbocycles. The third-order valence-corrected chi connectivity index (χ3v) is 10.2. The van der Waals surface area contributed by atoms with Gasteiger partial charge in [0.05, 0.1) is 0 Å². The molecule has 3 aromatic rings. The van der Waals surface area contributed by atoms with E-state index in [0.717, 1.165) is 54.1 Å². The Morgan fingerprint density at radius 3 is 2.36 bits per heavy atom. The summed E-state index contributed by atoms with van der Waals surface area (Å²) in [7, 11) is 0. The van der Waals surface area contributed by atoms with Gasteiger partial charge in [0.1, 0.15) is 30.0 Å². The van der Waals surface area contributed by atoms with Crippen molar-refractivity contribution in [2.24, 2.45) is 5.41 Å². The molecule has 1 aromatic heterocycles. The third kappa shape index (κ3) is 6.27. The van der Waals surface area contributed by atoms with E-state index in [0.29, 0.717) is 11.4 Å². The van der Waals surface area contributed by atoms with Gasteiger partial charge in [-0.2, -0.15) is 0 Å². The number of benzene rings is 2. The summed E-state index contributed by atoms with van der Waals surface area (Å²) < 4.78 is 22.7. The molecule has 0 bridgehead atoms. The Morgan fingerprint density at radius 2 is 1.68 bits per heavy atom. The summed E-state index contributed by atoms with van der Waals surface area (Å²) in [5.74, 6) is -1.36. The third-order valence-electron chi connectivity index (χ3n) is 9.63. The summed E-state index contributed by atoms with van der Waals surface area (Å²) in [6, 6.07) is 15.7. The number of aromatic nitrogens is 3. The number of ether oxygens (including phenoxy) is 3. The van der Waals surface area contributed by atoms with Crippen LogP contribution in [0.4, 0.5) is 0 Å². The monoisotopic (exact) mass is 705 g/mol. The van der Waals surface area contributed by atoms with E-state index in [-0.39, 0.29) is 23.8 Å². The summed E-state index contributed by atoms with van der Waals surface area (Å²) in [4.78, 5) is 31.4. The predicted molar refractivity (Wildman–Crippen MR) is 179 cm³/mol. The fraction of sp³-hybridized carbons (Fsp3) is 0.556. The quantitative estimate of drug-likeness (QED) is 0.316. The summed E-state index contributed by atoms with van der Waals surface area (Å²) in [5.41, 5.74) is 1.81. The van der Waals surface area contributed by atoms with Crippen molar-refractivity contribution in [3.8, 4) is 11.3 Å². The van der Waals surface area contributed by atoms with Gasteiger partial charge in [-0.1, -0.05) is 90.8 Å². The Bertz CT molecular complexity index is 1630. The van der Waals surface area contributed by atoms with Crippen LogP contribution >= 0.6 is 15.9 Å². The SMILES string of the molecule is CC(C)(C)CC(C)(C)NC(=O)[C@H]1[C@H]2O[C@@H]3OC4(CCCCC4)O[C@@H]3[C@H]2n2nnc(-c3ccccc3)c2C(=O)N1Cc1ccc(Br)cc1. The standard InChI is InChI=1S/C36H44BrN5O5/c1-34(2,3)21-35(4,5)38-31(43)28-29-27(30-33(45-29)47-36(46-30)18-10-7-11-19-36)42-26(25(39-40-42)23-12-8-6-9-13-23)32(44)41(28)20-22-14-16-24(37)17-15-22/h6,8-9,12-17,27-30,33H,7,10-11,18-21H2,1-5H3,(H,38,43)/t27-,28+,29-,30+,33+/m0/s1. The van der Waals surface area contributed by atoms with Crippen LogP contribution in [0.15, 0.2) is 59.1 Å². The molecule has 0 unspecified atom stereocenters. The molecule has 5 atom stereocenters. The molecule has 10 nitrogen and oxygen atoms in total. The number of fused-ring (bicyclic) bond motifs is 5. The van der Waals surface area contributed by atoms with Crippen molar-refractivity contribution in [3.05, 3.63) is 70.3 Å². The first-order valence-electron chi connectivity index (χ1n) is 16.7. The number of hydrogen-bond donors (Lipinski definition) is 1. The normalized spacial score (nSPS) is 26.9. The van der Waals surface area contributed by atoms with Gasteiger partial charge in [-0.05, 0) is 56.2 Å². The molecule has 4 aliphatic rings. The molecule has 1 saturated carbocycles. The van der Waals surface area contributed by atoms with Crippen molar-refractivity contribution in [3.63, 3.8) is 0 Å². The highest BCUT2D eigenvalue weighted by Crippen LogP contribution is 2.51. The Labute approximate surface area is 284 Å². The average Bonchev–Trinajstić information content (AvgIpc) is 3.66. The fourth-order valence-electron chi connectivity index (χ4n) is 8.19. The van der Waals surface area contributed by atoms with E-state index in [1.165, 1.54) is 0 Å². The smallest absolute Gasteiger partial charge is 0.275 e. The van der Waals surface area contributed by atoms with Gasteiger partial charge in [0.15, 0.2) is 17.8 Å². The second-order valence-electron chi connectivity index (χ2n) is 15.3. The molecule has 3 aliphatic heterocycles. The van der Waals surface area contributed by atoms with Gasteiger partial charge in [-0.25, -0.2) is 4.68 Å². The minimum absolute atomic E-state index is 0.0366. The van der Waals surface area contributed by atoms with Gasteiger partial charge in [0.25, 0.3) is 5.91 Å². The number of halogens is 1. The van der Waals surface area contributed by atoms with Crippen molar-refractivity contribution in [1.29, 1.82) is 0 Å². The average molecular weight is 707 g/mol. The van der Waals surface area contributed by atoms with Crippen LogP contribution in [-0.2, 0) is 25.5 Å². The molecule has 47 heavy (non-hydrogen) atoms. The van der Waals surface area contributed by atoms with Crippen LogP contribution in [-0.4, -0.2) is 67.6 Å². The van der Waals surface area contributed by atoms with Gasteiger partial charge < -0.3 is 24.4 Å². The van der Waals surface area contributed by atoms with Gasteiger partial charge in [0.2, 0.25) is 5.91 Å². The van der Waals surface area contributed by atoms with Crippen molar-refractivity contribution >= 4 is 27.7 Å². The first kappa shape index (κ1) is 32.4. The second kappa shape index (κ2) is 12.1. The lowest BCUT2D eigenvalue weighted by Gasteiger charge is -2.39. The van der Waals surface area contributed by atoms with Crippen molar-refractivity contribution < 1.29 is 23.8 Å². The van der Waals surface area contributed by atoms with E-state index in [4.69, 9.17) is 14.2 Å². The van der Waals surface area contributed by atoms with Gasteiger partial charge in [-0.15, -0.1) is 5.10 Å². The Kier molecular flexibility index (Phi) is 8.34. The first-order valence-corrected chi connectivity index (χ1v) is 17.5. The lowest BCUT2D eigenvalue weighted by molar-refractivity contribution is -0.244. The topological polar surface area (TPSA) is 108 Å². The molecule has 250 valence electrons. The van der Waals surface area contributed by atoms with Crippen LogP contribution in [0.5, 0.6) is 0 Å². The molecular weight excluding hydrogens is 662 g/mol. The van der Waals surface area contributed by atoms with E-state index in [9.17, 15) is 9.59 Å². The molecular formula is C36H44BrN5O5. The highest BCUT2D eigenvalue weighted by Gasteiger charge is 2.64. The largest absolute Gasteiger partial charge is 0.349 e. The highest BCUT2D eigenvalue weighted by atomic mass is 79.9. The summed E-state index contributed by atoms with van der Waals surface area (Å²) in [6.45, 7) is 10.7. The molecule has 2 saturated heterocycles.